The highest BCUT2D eigenvalue weighted by Crippen LogP contribution is 2.14. The summed E-state index contributed by atoms with van der Waals surface area (Å²) < 4.78 is 5.43. The second-order valence-corrected chi connectivity index (χ2v) is 4.18. The van der Waals surface area contributed by atoms with Crippen molar-refractivity contribution < 1.29 is 14.2 Å². The van der Waals surface area contributed by atoms with Crippen LogP contribution in [0.25, 0.3) is 11.1 Å². The minimum atomic E-state index is -0.122. The lowest BCUT2D eigenvalue weighted by molar-refractivity contribution is -0.381. The van der Waals surface area contributed by atoms with Crippen molar-refractivity contribution in [2.75, 3.05) is 0 Å². The molecule has 0 atom stereocenters. The third-order valence-corrected chi connectivity index (χ3v) is 2.57. The Morgan fingerprint density at radius 2 is 2.26 bits per heavy atom. The maximum absolute atomic E-state index is 11.5. The Balaban J connectivity index is 2.05. The minimum Gasteiger partial charge on any atom is -0.404 e. The molecule has 0 aliphatic rings. The van der Waals surface area contributed by atoms with Crippen molar-refractivity contribution in [3.8, 4) is 0 Å². The van der Waals surface area contributed by atoms with Gasteiger partial charge in [0.25, 0.3) is 5.91 Å². The zero-order valence-corrected chi connectivity index (χ0v) is 10.8. The summed E-state index contributed by atoms with van der Waals surface area (Å²) in [5.74, 6) is -0.00406. The van der Waals surface area contributed by atoms with Gasteiger partial charge in [-0.2, -0.15) is 0 Å². The third kappa shape index (κ3) is 3.54. The molecule has 0 aliphatic carbocycles. The predicted molar refractivity (Wildman–Crippen MR) is 71.5 cm³/mol. The van der Waals surface area contributed by atoms with Crippen molar-refractivity contribution in [3.63, 3.8) is 0 Å². The molecule has 100 valence electrons. The van der Waals surface area contributed by atoms with Crippen LogP contribution in [0.5, 0.6) is 0 Å². The molecule has 1 aromatic carbocycles. The summed E-state index contributed by atoms with van der Waals surface area (Å²) in [4.78, 5) is 18.4. The maximum Gasteiger partial charge on any atom is 0.406 e. The number of hydrogen-bond acceptors (Lipinski definition) is 3. The van der Waals surface area contributed by atoms with Gasteiger partial charge in [-0.3, -0.25) is 4.79 Å². The van der Waals surface area contributed by atoms with Gasteiger partial charge in [-0.1, -0.05) is 30.5 Å². The highest BCUT2D eigenvalue weighted by Gasteiger charge is 2.11. The lowest BCUT2D eigenvalue weighted by Gasteiger charge is -1.97. The van der Waals surface area contributed by atoms with E-state index in [0.29, 0.717) is 12.0 Å². The quantitative estimate of drug-likeness (QED) is 0.539. The summed E-state index contributed by atoms with van der Waals surface area (Å²) in [5, 5.41) is 2.55. The van der Waals surface area contributed by atoms with E-state index in [4.69, 9.17) is 10.2 Å². The molecule has 0 saturated heterocycles. The molecule has 6 nitrogen and oxygen atoms in total. The van der Waals surface area contributed by atoms with Crippen molar-refractivity contribution in [1.82, 2.24) is 10.3 Å². The van der Waals surface area contributed by atoms with E-state index in [-0.39, 0.29) is 17.9 Å². The van der Waals surface area contributed by atoms with Crippen LogP contribution in [0.3, 0.4) is 0 Å². The number of nitrogens with two attached hydrogens (primary N) is 1. The number of para-hydroxylation sites is 2. The van der Waals surface area contributed by atoms with Crippen molar-refractivity contribution in [2.45, 2.75) is 26.2 Å². The second kappa shape index (κ2) is 5.99. The van der Waals surface area contributed by atoms with E-state index in [1.165, 1.54) is 0 Å². The molecule has 2 rings (SSSR count). The van der Waals surface area contributed by atoms with Crippen molar-refractivity contribution in [2.24, 2.45) is 5.73 Å². The topological polar surface area (TPSA) is 95.1 Å². The second-order valence-electron chi connectivity index (χ2n) is 4.18. The van der Waals surface area contributed by atoms with Crippen LogP contribution in [-0.4, -0.2) is 16.9 Å². The summed E-state index contributed by atoms with van der Waals surface area (Å²) >= 11 is 0. The number of oxazole rings is 1. The van der Waals surface area contributed by atoms with Crippen LogP contribution in [0.15, 0.2) is 28.7 Å². The number of guanidine groups is 1. The molecular weight excluding hydrogens is 244 g/mol. The van der Waals surface area contributed by atoms with Crippen molar-refractivity contribution in [1.29, 1.82) is 0 Å². The van der Waals surface area contributed by atoms with Gasteiger partial charge in [0.1, 0.15) is 0 Å². The first-order valence-corrected chi connectivity index (χ1v) is 6.24. The molecule has 2 aromatic rings. The number of nitrogens with one attached hydrogen (secondary N) is 2. The van der Waals surface area contributed by atoms with Crippen molar-refractivity contribution in [3.05, 3.63) is 24.3 Å². The molecule has 19 heavy (non-hydrogen) atoms. The minimum absolute atomic E-state index is 0.118. The van der Waals surface area contributed by atoms with E-state index in [1.54, 1.807) is 0 Å². The number of carbonyl (C=O) groups excluding carboxylic acids is 1. The standard InChI is InChI=1S/C13H16N4O2/c1-2-3-8-11(18)16-12(14)17-13-15-9-6-4-5-7-10(9)19-13/h4-7H,2-3,8H2,1H3,(H3,14,15,16,17,18)/p+1. The fraction of sp³-hybridized carbons (Fsp3) is 0.308. The average Bonchev–Trinajstić information content (AvgIpc) is 2.78. The highest BCUT2D eigenvalue weighted by atomic mass is 16.4. The Labute approximate surface area is 110 Å². The number of benzene rings is 1. The molecule has 0 fully saturated rings. The Morgan fingerprint density at radius 1 is 1.47 bits per heavy atom. The van der Waals surface area contributed by atoms with Gasteiger partial charge in [0.05, 0.1) is 0 Å². The Bertz CT molecular complexity index is 570. The zero-order chi connectivity index (χ0) is 13.7. The Hall–Kier alpha value is -2.37. The van der Waals surface area contributed by atoms with Gasteiger partial charge in [0.2, 0.25) is 0 Å². The molecule has 0 spiro atoms. The first-order chi connectivity index (χ1) is 9.19. The molecule has 0 aliphatic heterocycles. The number of nitrogens with zero attached hydrogens (tertiary/aromatic N) is 1. The number of aromatic nitrogens is 1. The molecule has 1 amide bonds. The summed E-state index contributed by atoms with van der Waals surface area (Å²) in [5.41, 5.74) is 7.07. The largest absolute Gasteiger partial charge is 0.406 e. The van der Waals surface area contributed by atoms with Gasteiger partial charge in [0.15, 0.2) is 11.1 Å². The van der Waals surface area contributed by atoms with Gasteiger partial charge < -0.3 is 10.2 Å². The van der Waals surface area contributed by atoms with Crippen LogP contribution < -0.4 is 16.0 Å². The molecule has 4 N–H and O–H groups in total. The molecular formula is C13H17N4O2+. The smallest absolute Gasteiger partial charge is 0.404 e. The molecule has 1 aromatic heterocycles. The number of hydrogen-bond donors (Lipinski definition) is 3. The van der Waals surface area contributed by atoms with Crippen LogP contribution in [0.1, 0.15) is 26.2 Å². The number of carbonyl (C=O) groups is 1. The van der Waals surface area contributed by atoms with Gasteiger partial charge >= 0.3 is 12.0 Å². The van der Waals surface area contributed by atoms with E-state index in [9.17, 15) is 4.79 Å². The van der Waals surface area contributed by atoms with E-state index in [2.05, 4.69) is 15.3 Å². The number of unbranched alkanes of at least 4 members (excludes halogenated alkanes) is 1. The summed E-state index contributed by atoms with van der Waals surface area (Å²) in [6.07, 6.45) is 2.25. The van der Waals surface area contributed by atoms with Crippen LogP contribution in [0.2, 0.25) is 0 Å². The number of amides is 1. The van der Waals surface area contributed by atoms with E-state index < -0.39 is 0 Å². The van der Waals surface area contributed by atoms with Crippen LogP contribution >= 0.6 is 0 Å². The monoisotopic (exact) mass is 261 g/mol. The maximum atomic E-state index is 11.5. The summed E-state index contributed by atoms with van der Waals surface area (Å²) in [6.45, 7) is 2.02. The molecule has 0 unspecified atom stereocenters. The number of fused-ring (bicyclic) bond motifs is 1. The van der Waals surface area contributed by atoms with Gasteiger partial charge in [-0.15, -0.1) is 0 Å². The highest BCUT2D eigenvalue weighted by molar-refractivity contribution is 5.93. The lowest BCUT2D eigenvalue weighted by Crippen LogP contribution is -2.74. The molecule has 0 saturated carbocycles. The molecule has 1 heterocycles. The molecule has 6 heteroatoms. The normalized spacial score (nSPS) is 11.7. The Morgan fingerprint density at radius 3 is 3.00 bits per heavy atom. The van der Waals surface area contributed by atoms with Crippen LogP contribution in [0, 0.1) is 0 Å². The van der Waals surface area contributed by atoms with Crippen LogP contribution in [-0.2, 0) is 4.79 Å². The van der Waals surface area contributed by atoms with E-state index in [0.717, 1.165) is 18.4 Å². The zero-order valence-electron chi connectivity index (χ0n) is 10.8. The fourth-order valence-electron chi connectivity index (χ4n) is 1.62. The average molecular weight is 261 g/mol. The van der Waals surface area contributed by atoms with Crippen molar-refractivity contribution >= 4 is 29.0 Å². The lowest BCUT2D eigenvalue weighted by atomic mass is 10.2. The Kier molecular flexibility index (Phi) is 4.12. The SMILES string of the molecule is CCCCC(=O)NC(N)=[NH+]c1nc2ccccc2o1. The number of rotatable bonds is 4. The van der Waals surface area contributed by atoms with Gasteiger partial charge in [-0.05, 0) is 18.6 Å². The first kappa shape index (κ1) is 13.1. The predicted octanol–water partition coefficient (Wildman–Crippen LogP) is 0.161. The third-order valence-electron chi connectivity index (χ3n) is 2.57. The van der Waals surface area contributed by atoms with Gasteiger partial charge in [0, 0.05) is 6.42 Å². The molecule has 0 bridgehead atoms. The van der Waals surface area contributed by atoms with E-state index >= 15 is 0 Å². The first-order valence-electron chi connectivity index (χ1n) is 6.24. The van der Waals surface area contributed by atoms with Gasteiger partial charge in [-0.25, -0.2) is 10.3 Å². The summed E-state index contributed by atoms with van der Waals surface area (Å²) in [7, 11) is 0. The molecule has 0 radical (unpaired) electrons. The van der Waals surface area contributed by atoms with Crippen LogP contribution in [0.4, 0.5) is 6.01 Å². The summed E-state index contributed by atoms with van der Waals surface area (Å²) in [6, 6.07) is 7.63. The van der Waals surface area contributed by atoms with E-state index in [1.807, 2.05) is 31.2 Å². The fourth-order valence-corrected chi connectivity index (χ4v) is 1.62.